The molecule has 9 nitrogen and oxygen atoms in total. The topological polar surface area (TPSA) is 102 Å². The maximum atomic E-state index is 13.7. The van der Waals surface area contributed by atoms with Crippen LogP contribution < -0.4 is 5.32 Å². The van der Waals surface area contributed by atoms with Gasteiger partial charge in [-0.25, -0.2) is 8.78 Å². The SMILES string of the molecule is CC(C)(C)NC(=O)[C@@H](c1ccc(F)cc1)N(C[C@@H]1CCCO1)C(=O)Cn1nnc(-c2ccc(F)cc2)n1. The van der Waals surface area contributed by atoms with Gasteiger partial charge in [0.2, 0.25) is 17.6 Å². The molecule has 1 saturated heterocycles. The van der Waals surface area contributed by atoms with Gasteiger partial charge in [-0.05, 0) is 80.8 Å². The molecule has 37 heavy (non-hydrogen) atoms. The number of ether oxygens (including phenoxy) is 1. The molecule has 2 heterocycles. The van der Waals surface area contributed by atoms with Gasteiger partial charge in [-0.2, -0.15) is 4.80 Å². The summed E-state index contributed by atoms with van der Waals surface area (Å²) >= 11 is 0. The molecule has 1 aliphatic rings. The first kappa shape index (κ1) is 26.3. The number of carbonyl (C=O) groups is 2. The molecule has 0 radical (unpaired) electrons. The molecule has 1 N–H and O–H groups in total. The minimum Gasteiger partial charge on any atom is -0.376 e. The molecule has 4 rings (SSSR count). The molecule has 0 unspecified atom stereocenters. The molecular formula is C26H30F2N6O3. The lowest BCUT2D eigenvalue weighted by atomic mass is 10.0. The van der Waals surface area contributed by atoms with Gasteiger partial charge < -0.3 is 15.0 Å². The average Bonchev–Trinajstić information content (AvgIpc) is 3.51. The Hall–Kier alpha value is -3.73. The molecule has 11 heteroatoms. The quantitative estimate of drug-likeness (QED) is 0.497. The minimum absolute atomic E-state index is 0.165. The van der Waals surface area contributed by atoms with E-state index in [1.807, 2.05) is 20.8 Å². The average molecular weight is 513 g/mol. The first-order valence-corrected chi connectivity index (χ1v) is 12.1. The summed E-state index contributed by atoms with van der Waals surface area (Å²) in [6.07, 6.45) is 1.36. The smallest absolute Gasteiger partial charge is 0.247 e. The standard InChI is InChI=1S/C26H30F2N6O3/c1-26(2,3)29-25(36)23(17-6-10-19(27)11-7-17)33(15-21-5-4-14-37-21)22(35)16-34-31-24(30-32-34)18-8-12-20(28)13-9-18/h6-13,21,23H,4-5,14-16H2,1-3H3,(H,29,36)/t21-,23+/m0/s1. The van der Waals surface area contributed by atoms with Crippen LogP contribution in [-0.2, 0) is 20.9 Å². The Morgan fingerprint density at radius 2 is 1.76 bits per heavy atom. The monoisotopic (exact) mass is 512 g/mol. The number of amides is 2. The highest BCUT2D eigenvalue weighted by molar-refractivity contribution is 5.89. The Kier molecular flexibility index (Phi) is 7.91. The zero-order chi connectivity index (χ0) is 26.6. The first-order valence-electron chi connectivity index (χ1n) is 12.1. The van der Waals surface area contributed by atoms with E-state index in [2.05, 4.69) is 20.7 Å². The van der Waals surface area contributed by atoms with Crippen molar-refractivity contribution in [2.24, 2.45) is 0 Å². The van der Waals surface area contributed by atoms with Crippen molar-refractivity contribution in [3.8, 4) is 11.4 Å². The second-order valence-electron chi connectivity index (χ2n) is 10.0. The largest absolute Gasteiger partial charge is 0.376 e. The van der Waals surface area contributed by atoms with Crippen molar-refractivity contribution in [2.75, 3.05) is 13.2 Å². The Balaban J connectivity index is 1.64. The van der Waals surface area contributed by atoms with E-state index in [9.17, 15) is 18.4 Å². The van der Waals surface area contributed by atoms with Gasteiger partial charge in [0.25, 0.3) is 0 Å². The zero-order valence-electron chi connectivity index (χ0n) is 21.0. The van der Waals surface area contributed by atoms with E-state index in [1.165, 1.54) is 53.4 Å². The van der Waals surface area contributed by atoms with Crippen LogP contribution >= 0.6 is 0 Å². The van der Waals surface area contributed by atoms with Crippen LogP contribution in [0.3, 0.4) is 0 Å². The molecule has 0 spiro atoms. The maximum Gasteiger partial charge on any atom is 0.247 e. The summed E-state index contributed by atoms with van der Waals surface area (Å²) in [6.45, 7) is 5.98. The van der Waals surface area contributed by atoms with Crippen molar-refractivity contribution in [3.63, 3.8) is 0 Å². The van der Waals surface area contributed by atoms with Crippen LogP contribution in [0.1, 0.15) is 45.2 Å². The molecule has 196 valence electrons. The van der Waals surface area contributed by atoms with Crippen LogP contribution in [-0.4, -0.2) is 61.7 Å². The van der Waals surface area contributed by atoms with Crippen LogP contribution in [0, 0.1) is 11.6 Å². The summed E-state index contributed by atoms with van der Waals surface area (Å²) in [5.41, 5.74) is 0.448. The van der Waals surface area contributed by atoms with E-state index in [0.717, 1.165) is 17.6 Å². The van der Waals surface area contributed by atoms with Gasteiger partial charge in [-0.3, -0.25) is 9.59 Å². The third-order valence-electron chi connectivity index (χ3n) is 5.82. The van der Waals surface area contributed by atoms with E-state index >= 15 is 0 Å². The van der Waals surface area contributed by atoms with Crippen LogP contribution in [0.4, 0.5) is 8.78 Å². The molecule has 2 aromatic carbocycles. The second kappa shape index (κ2) is 11.1. The number of aromatic nitrogens is 4. The molecule has 0 bridgehead atoms. The second-order valence-corrected chi connectivity index (χ2v) is 10.0. The van der Waals surface area contributed by atoms with E-state index in [0.29, 0.717) is 17.7 Å². The summed E-state index contributed by atoms with van der Waals surface area (Å²) < 4.78 is 32.8. The molecule has 2 amide bonds. The van der Waals surface area contributed by atoms with Crippen LogP contribution in [0.2, 0.25) is 0 Å². The number of nitrogens with one attached hydrogen (secondary N) is 1. The number of rotatable bonds is 8. The van der Waals surface area contributed by atoms with Gasteiger partial charge in [0.15, 0.2) is 0 Å². The van der Waals surface area contributed by atoms with Gasteiger partial charge in [0, 0.05) is 24.3 Å². The number of tetrazole rings is 1. The van der Waals surface area contributed by atoms with Crippen molar-refractivity contribution in [1.29, 1.82) is 0 Å². The number of hydrogen-bond acceptors (Lipinski definition) is 6. The Labute approximate surface area is 213 Å². The lowest BCUT2D eigenvalue weighted by Crippen LogP contribution is -2.51. The number of benzene rings is 2. The molecule has 1 aliphatic heterocycles. The predicted octanol–water partition coefficient (Wildman–Crippen LogP) is 3.28. The van der Waals surface area contributed by atoms with Gasteiger partial charge in [-0.1, -0.05) is 12.1 Å². The number of nitrogens with zero attached hydrogens (tertiary/aromatic N) is 5. The third kappa shape index (κ3) is 6.94. The molecule has 1 fully saturated rings. The third-order valence-corrected chi connectivity index (χ3v) is 5.82. The van der Waals surface area contributed by atoms with Crippen LogP contribution in [0.5, 0.6) is 0 Å². The van der Waals surface area contributed by atoms with Crippen LogP contribution in [0.15, 0.2) is 48.5 Å². The Bertz CT molecular complexity index is 1220. The highest BCUT2D eigenvalue weighted by Crippen LogP contribution is 2.26. The predicted molar refractivity (Wildman–Crippen MR) is 131 cm³/mol. The van der Waals surface area contributed by atoms with E-state index in [-0.39, 0.29) is 25.0 Å². The van der Waals surface area contributed by atoms with Gasteiger partial charge in [-0.15, -0.1) is 10.2 Å². The van der Waals surface area contributed by atoms with Crippen LogP contribution in [0.25, 0.3) is 11.4 Å². The summed E-state index contributed by atoms with van der Waals surface area (Å²) in [5, 5.41) is 15.1. The highest BCUT2D eigenvalue weighted by atomic mass is 19.1. The molecular weight excluding hydrogens is 482 g/mol. The van der Waals surface area contributed by atoms with Crippen molar-refractivity contribution < 1.29 is 23.1 Å². The summed E-state index contributed by atoms with van der Waals surface area (Å²) in [4.78, 5) is 29.8. The molecule has 2 atom stereocenters. The minimum atomic E-state index is -1.03. The van der Waals surface area contributed by atoms with E-state index < -0.39 is 35.0 Å². The highest BCUT2D eigenvalue weighted by Gasteiger charge is 2.36. The Morgan fingerprint density at radius 3 is 2.35 bits per heavy atom. The fraction of sp³-hybridized carbons (Fsp3) is 0.423. The number of halogens is 2. The summed E-state index contributed by atoms with van der Waals surface area (Å²) in [7, 11) is 0. The summed E-state index contributed by atoms with van der Waals surface area (Å²) in [5.74, 6) is -1.44. The molecule has 0 saturated carbocycles. The van der Waals surface area contributed by atoms with Gasteiger partial charge in [0.05, 0.1) is 6.10 Å². The fourth-order valence-corrected chi connectivity index (χ4v) is 4.15. The molecule has 3 aromatic rings. The number of carbonyl (C=O) groups excluding carboxylic acids is 2. The van der Waals surface area contributed by atoms with Crippen molar-refractivity contribution in [2.45, 2.75) is 57.8 Å². The van der Waals surface area contributed by atoms with Gasteiger partial charge in [0.1, 0.15) is 24.2 Å². The van der Waals surface area contributed by atoms with Crippen molar-refractivity contribution in [1.82, 2.24) is 30.4 Å². The van der Waals surface area contributed by atoms with Crippen molar-refractivity contribution >= 4 is 11.8 Å². The number of hydrogen-bond donors (Lipinski definition) is 1. The molecule has 0 aliphatic carbocycles. The lowest BCUT2D eigenvalue weighted by Gasteiger charge is -2.34. The van der Waals surface area contributed by atoms with Gasteiger partial charge >= 0.3 is 0 Å². The van der Waals surface area contributed by atoms with E-state index in [1.54, 1.807) is 0 Å². The zero-order valence-corrected chi connectivity index (χ0v) is 21.0. The maximum absolute atomic E-state index is 13.7. The lowest BCUT2D eigenvalue weighted by molar-refractivity contribution is -0.144. The molecule has 1 aromatic heterocycles. The van der Waals surface area contributed by atoms with Crippen molar-refractivity contribution in [3.05, 3.63) is 65.7 Å². The van der Waals surface area contributed by atoms with E-state index in [4.69, 9.17) is 4.74 Å². The fourth-order valence-electron chi connectivity index (χ4n) is 4.15. The summed E-state index contributed by atoms with van der Waals surface area (Å²) in [6, 6.07) is 10.1. The first-order chi connectivity index (χ1) is 17.6. The normalized spacial score (nSPS) is 16.4. The Morgan fingerprint density at radius 1 is 1.11 bits per heavy atom.